The highest BCUT2D eigenvalue weighted by molar-refractivity contribution is 7.09. The van der Waals surface area contributed by atoms with E-state index in [4.69, 9.17) is 21.1 Å². The van der Waals surface area contributed by atoms with Crippen molar-refractivity contribution < 1.29 is 19.7 Å². The van der Waals surface area contributed by atoms with Gasteiger partial charge in [-0.25, -0.2) is 0 Å². The number of H-pyrrole nitrogens is 1. The van der Waals surface area contributed by atoms with E-state index in [2.05, 4.69) is 4.98 Å². The van der Waals surface area contributed by atoms with E-state index in [1.165, 1.54) is 0 Å². The summed E-state index contributed by atoms with van der Waals surface area (Å²) in [7, 11) is 0. The number of ether oxygens (including phenoxy) is 2. The molecule has 6 nitrogen and oxygen atoms in total. The first-order valence-corrected chi connectivity index (χ1v) is 11.7. The SMILES string of the molecule is CCc1c(O)c(C)c2c(c1Cl)OC(C)(COc1ccc(Cc3sc(=O)[nH]c3O)cc1)CC2. The van der Waals surface area contributed by atoms with Crippen LogP contribution < -0.4 is 14.3 Å². The zero-order chi connectivity index (χ0) is 23.0. The molecule has 170 valence electrons. The summed E-state index contributed by atoms with van der Waals surface area (Å²) in [4.78, 5) is 14.1. The number of aromatic hydroxyl groups is 2. The van der Waals surface area contributed by atoms with Crippen molar-refractivity contribution in [2.45, 2.75) is 52.1 Å². The van der Waals surface area contributed by atoms with Gasteiger partial charge in [0.05, 0.1) is 9.90 Å². The molecule has 0 bridgehead atoms. The zero-order valence-corrected chi connectivity index (χ0v) is 19.8. The van der Waals surface area contributed by atoms with Crippen LogP contribution >= 0.6 is 22.9 Å². The van der Waals surface area contributed by atoms with Gasteiger partial charge in [-0.05, 0) is 56.4 Å². The molecule has 8 heteroatoms. The van der Waals surface area contributed by atoms with E-state index >= 15 is 0 Å². The second-order valence-electron chi connectivity index (χ2n) is 8.38. The van der Waals surface area contributed by atoms with Crippen LogP contribution in [-0.4, -0.2) is 27.4 Å². The predicted molar refractivity (Wildman–Crippen MR) is 126 cm³/mol. The fraction of sp³-hybridized carbons (Fsp3) is 0.375. The summed E-state index contributed by atoms with van der Waals surface area (Å²) in [6.45, 7) is 6.22. The lowest BCUT2D eigenvalue weighted by Gasteiger charge is -2.37. The van der Waals surface area contributed by atoms with Crippen molar-refractivity contribution in [1.29, 1.82) is 0 Å². The van der Waals surface area contributed by atoms with Gasteiger partial charge >= 0.3 is 4.87 Å². The average molecular weight is 476 g/mol. The molecule has 0 spiro atoms. The van der Waals surface area contributed by atoms with E-state index in [9.17, 15) is 15.0 Å². The summed E-state index contributed by atoms with van der Waals surface area (Å²) < 4.78 is 12.4. The summed E-state index contributed by atoms with van der Waals surface area (Å²) in [5, 5.41) is 20.7. The number of halogens is 1. The van der Waals surface area contributed by atoms with Crippen LogP contribution in [0.3, 0.4) is 0 Å². The third-order valence-corrected chi connectivity index (χ3v) is 7.24. The Hall–Kier alpha value is -2.64. The Morgan fingerprint density at radius 1 is 1.28 bits per heavy atom. The van der Waals surface area contributed by atoms with Gasteiger partial charge in [-0.1, -0.05) is 42.0 Å². The summed E-state index contributed by atoms with van der Waals surface area (Å²) in [5.41, 5.74) is 2.92. The van der Waals surface area contributed by atoms with Crippen molar-refractivity contribution in [2.24, 2.45) is 0 Å². The molecule has 1 aliphatic rings. The predicted octanol–water partition coefficient (Wildman–Crippen LogP) is 5.13. The Labute approximate surface area is 195 Å². The van der Waals surface area contributed by atoms with Crippen molar-refractivity contribution >= 4 is 22.9 Å². The minimum Gasteiger partial charge on any atom is -0.507 e. The number of aromatic nitrogens is 1. The Morgan fingerprint density at radius 3 is 2.62 bits per heavy atom. The highest BCUT2D eigenvalue weighted by Crippen LogP contribution is 2.46. The highest BCUT2D eigenvalue weighted by Gasteiger charge is 2.36. The standard InChI is InChI=1S/C24H26ClNO5S/c1-4-16-19(25)21-17(13(2)20(16)27)9-10-24(3,31-21)12-30-15-7-5-14(6-8-15)11-18-22(28)26-23(29)32-18/h5-8,27-28H,4,9-12H2,1-3H3,(H,26,29). The van der Waals surface area contributed by atoms with Crippen molar-refractivity contribution in [3.8, 4) is 23.1 Å². The van der Waals surface area contributed by atoms with Crippen molar-refractivity contribution in [3.05, 3.63) is 66.1 Å². The van der Waals surface area contributed by atoms with Gasteiger partial charge in [0.2, 0.25) is 5.88 Å². The molecule has 3 N–H and O–H groups in total. The molecule has 2 aromatic carbocycles. The van der Waals surface area contributed by atoms with Gasteiger partial charge in [-0.3, -0.25) is 9.78 Å². The minimum atomic E-state index is -0.549. The van der Waals surface area contributed by atoms with Gasteiger partial charge in [0.1, 0.15) is 29.5 Å². The molecule has 0 radical (unpaired) electrons. The van der Waals surface area contributed by atoms with E-state index in [0.29, 0.717) is 46.4 Å². The molecule has 0 amide bonds. The van der Waals surface area contributed by atoms with Crippen LogP contribution in [0.2, 0.25) is 5.02 Å². The molecule has 32 heavy (non-hydrogen) atoms. The number of phenols is 1. The maximum absolute atomic E-state index is 11.3. The molecule has 0 fully saturated rings. The average Bonchev–Trinajstić information content (AvgIpc) is 3.08. The van der Waals surface area contributed by atoms with Gasteiger partial charge in [0, 0.05) is 17.5 Å². The van der Waals surface area contributed by atoms with Crippen LogP contribution in [0.15, 0.2) is 29.1 Å². The van der Waals surface area contributed by atoms with Crippen LogP contribution in [0.1, 0.15) is 47.4 Å². The number of rotatable bonds is 6. The molecule has 4 rings (SSSR count). The third kappa shape index (κ3) is 4.32. The van der Waals surface area contributed by atoms with Crippen molar-refractivity contribution in [1.82, 2.24) is 4.98 Å². The third-order valence-electron chi connectivity index (χ3n) is 5.97. The maximum atomic E-state index is 11.3. The summed E-state index contributed by atoms with van der Waals surface area (Å²) in [5.74, 6) is 1.55. The normalized spacial score (nSPS) is 17.6. The Bertz CT molecular complexity index is 1200. The molecule has 1 aliphatic heterocycles. The number of fused-ring (bicyclic) bond motifs is 1. The number of aromatic amines is 1. The molecule has 1 aromatic heterocycles. The van der Waals surface area contributed by atoms with E-state index < -0.39 is 5.60 Å². The van der Waals surface area contributed by atoms with Gasteiger partial charge in [0.25, 0.3) is 0 Å². The molecule has 2 heterocycles. The lowest BCUT2D eigenvalue weighted by molar-refractivity contribution is 0.0173. The van der Waals surface area contributed by atoms with Crippen LogP contribution in [0.5, 0.6) is 23.1 Å². The number of benzene rings is 2. The first kappa shape index (κ1) is 22.6. The highest BCUT2D eigenvalue weighted by atomic mass is 35.5. The first-order chi connectivity index (χ1) is 15.2. The quantitative estimate of drug-likeness (QED) is 0.460. The van der Waals surface area contributed by atoms with Gasteiger partial charge < -0.3 is 19.7 Å². The lowest BCUT2D eigenvalue weighted by atomic mass is 9.89. The molecular formula is C24H26ClNO5S. The molecule has 0 saturated heterocycles. The number of thiazole rings is 1. The molecular weight excluding hydrogens is 450 g/mol. The minimum absolute atomic E-state index is 0.0728. The molecule has 0 saturated carbocycles. The number of nitrogens with one attached hydrogen (secondary N) is 1. The Morgan fingerprint density at radius 2 is 2.00 bits per heavy atom. The number of hydrogen-bond acceptors (Lipinski definition) is 6. The van der Waals surface area contributed by atoms with Crippen molar-refractivity contribution in [3.63, 3.8) is 0 Å². The van der Waals surface area contributed by atoms with E-state index in [1.54, 1.807) is 0 Å². The maximum Gasteiger partial charge on any atom is 0.307 e. The lowest BCUT2D eigenvalue weighted by Crippen LogP contribution is -2.42. The van der Waals surface area contributed by atoms with Gasteiger partial charge in [0.15, 0.2) is 0 Å². The zero-order valence-electron chi connectivity index (χ0n) is 18.3. The van der Waals surface area contributed by atoms with Crippen LogP contribution in [-0.2, 0) is 19.3 Å². The van der Waals surface area contributed by atoms with Gasteiger partial charge in [-0.2, -0.15) is 0 Å². The topological polar surface area (TPSA) is 91.8 Å². The second kappa shape index (κ2) is 8.71. The summed E-state index contributed by atoms with van der Waals surface area (Å²) in [6.07, 6.45) is 2.59. The number of hydrogen-bond donors (Lipinski definition) is 3. The van der Waals surface area contributed by atoms with Crippen LogP contribution in [0, 0.1) is 6.92 Å². The van der Waals surface area contributed by atoms with Crippen molar-refractivity contribution in [2.75, 3.05) is 6.61 Å². The second-order valence-corrected chi connectivity index (χ2v) is 9.82. The molecule has 3 aromatic rings. The Balaban J connectivity index is 1.45. The molecule has 1 atom stereocenters. The van der Waals surface area contributed by atoms with Gasteiger partial charge in [-0.15, -0.1) is 0 Å². The van der Waals surface area contributed by atoms with Crippen LogP contribution in [0.25, 0.3) is 0 Å². The fourth-order valence-electron chi connectivity index (χ4n) is 4.03. The fourth-order valence-corrected chi connectivity index (χ4v) is 5.16. The van der Waals surface area contributed by atoms with E-state index in [-0.39, 0.29) is 16.5 Å². The summed E-state index contributed by atoms with van der Waals surface area (Å²) in [6, 6.07) is 7.56. The van der Waals surface area contributed by atoms with Crippen LogP contribution in [0.4, 0.5) is 0 Å². The smallest absolute Gasteiger partial charge is 0.307 e. The Kier molecular flexibility index (Phi) is 6.14. The molecule has 1 unspecified atom stereocenters. The first-order valence-electron chi connectivity index (χ1n) is 10.5. The number of phenolic OH excluding ortho intramolecular Hbond substituents is 1. The monoisotopic (exact) mass is 475 g/mol. The van der Waals surface area contributed by atoms with E-state index in [1.807, 2.05) is 45.0 Å². The largest absolute Gasteiger partial charge is 0.507 e. The van der Waals surface area contributed by atoms with E-state index in [0.717, 1.165) is 40.9 Å². The molecule has 0 aliphatic carbocycles. The summed E-state index contributed by atoms with van der Waals surface area (Å²) >= 11 is 7.59.